The molecule has 0 aromatic heterocycles. The van der Waals surface area contributed by atoms with Crippen LogP contribution in [0.5, 0.6) is 0 Å². The second-order valence-electron chi connectivity index (χ2n) is 5.71. The van der Waals surface area contributed by atoms with E-state index in [0.29, 0.717) is 17.9 Å². The summed E-state index contributed by atoms with van der Waals surface area (Å²) in [5.41, 5.74) is 1.77. The fourth-order valence-corrected chi connectivity index (χ4v) is 4.90. The van der Waals surface area contributed by atoms with Gasteiger partial charge in [-0.1, -0.05) is 24.3 Å². The first kappa shape index (κ1) is 16.8. The zero-order valence-electron chi connectivity index (χ0n) is 13.1. The van der Waals surface area contributed by atoms with Crippen LogP contribution < -0.4 is 9.03 Å². The van der Waals surface area contributed by atoms with E-state index in [9.17, 15) is 16.8 Å². The van der Waals surface area contributed by atoms with Crippen molar-refractivity contribution < 1.29 is 16.8 Å². The van der Waals surface area contributed by atoms with Crippen molar-refractivity contribution in [1.29, 1.82) is 0 Å². The van der Waals surface area contributed by atoms with Crippen molar-refractivity contribution in [2.24, 2.45) is 0 Å². The average Bonchev–Trinajstić information content (AvgIpc) is 2.53. The van der Waals surface area contributed by atoms with E-state index in [1.165, 1.54) is 4.31 Å². The van der Waals surface area contributed by atoms with Crippen molar-refractivity contribution >= 4 is 31.4 Å². The smallest absolute Gasteiger partial charge is 0.264 e. The highest BCUT2D eigenvalue weighted by Crippen LogP contribution is 2.34. The molecule has 0 amide bonds. The summed E-state index contributed by atoms with van der Waals surface area (Å²) in [6.07, 6.45) is 2.54. The summed E-state index contributed by atoms with van der Waals surface area (Å²) in [7, 11) is -7.11. The molecule has 6 nitrogen and oxygen atoms in total. The van der Waals surface area contributed by atoms with E-state index in [4.69, 9.17) is 0 Å². The maximum Gasteiger partial charge on any atom is 0.264 e. The Hall–Kier alpha value is -2.06. The van der Waals surface area contributed by atoms with E-state index in [-0.39, 0.29) is 4.90 Å². The summed E-state index contributed by atoms with van der Waals surface area (Å²) in [4.78, 5) is 0.222. The van der Waals surface area contributed by atoms with Gasteiger partial charge >= 0.3 is 0 Å². The monoisotopic (exact) mass is 366 g/mol. The molecule has 0 saturated carbocycles. The Labute approximate surface area is 142 Å². The number of sulfonamides is 2. The summed E-state index contributed by atoms with van der Waals surface area (Å²) >= 11 is 0. The molecule has 0 spiro atoms. The second kappa shape index (κ2) is 6.10. The first-order valence-electron chi connectivity index (χ1n) is 7.46. The van der Waals surface area contributed by atoms with Gasteiger partial charge in [-0.3, -0.25) is 9.03 Å². The first-order valence-corrected chi connectivity index (χ1v) is 10.8. The minimum absolute atomic E-state index is 0.222. The third kappa shape index (κ3) is 3.39. The lowest BCUT2D eigenvalue weighted by atomic mass is 10.0. The van der Waals surface area contributed by atoms with Gasteiger partial charge in [0.1, 0.15) is 0 Å². The predicted octanol–water partition coefficient (Wildman–Crippen LogP) is 2.20. The van der Waals surface area contributed by atoms with Crippen molar-refractivity contribution in [1.82, 2.24) is 0 Å². The van der Waals surface area contributed by atoms with E-state index < -0.39 is 20.0 Å². The third-order valence-corrected chi connectivity index (χ3v) is 6.23. The minimum Gasteiger partial charge on any atom is -0.284 e. The Morgan fingerprint density at radius 3 is 2.38 bits per heavy atom. The number of anilines is 2. The number of hydrogen-bond acceptors (Lipinski definition) is 4. The highest BCUT2D eigenvalue weighted by atomic mass is 32.2. The summed E-state index contributed by atoms with van der Waals surface area (Å²) in [6.45, 7) is 0.368. The van der Waals surface area contributed by atoms with Crippen molar-refractivity contribution in [2.45, 2.75) is 17.7 Å². The van der Waals surface area contributed by atoms with Gasteiger partial charge in [-0.2, -0.15) is 0 Å². The highest BCUT2D eigenvalue weighted by Gasteiger charge is 2.29. The maximum absolute atomic E-state index is 12.9. The van der Waals surface area contributed by atoms with Crippen LogP contribution in [0.1, 0.15) is 12.0 Å². The lowest BCUT2D eigenvalue weighted by molar-refractivity contribution is 0.586. The van der Waals surface area contributed by atoms with Crippen LogP contribution in [0.2, 0.25) is 0 Å². The maximum atomic E-state index is 12.9. The molecule has 0 atom stereocenters. The predicted molar refractivity (Wildman–Crippen MR) is 94.2 cm³/mol. The van der Waals surface area contributed by atoms with Gasteiger partial charge in [-0.05, 0) is 42.7 Å². The molecule has 2 aromatic rings. The Morgan fingerprint density at radius 2 is 1.71 bits per heavy atom. The Morgan fingerprint density at radius 1 is 1.00 bits per heavy atom. The van der Waals surface area contributed by atoms with E-state index >= 15 is 0 Å². The fourth-order valence-electron chi connectivity index (χ4n) is 2.79. The van der Waals surface area contributed by atoms with Crippen molar-refractivity contribution in [3.63, 3.8) is 0 Å². The Balaban J connectivity index is 2.06. The SMILES string of the molecule is CS(=O)(=O)Nc1ccc2c(c1)N(S(=O)(=O)c1ccccc1)CCC2. The summed E-state index contributed by atoms with van der Waals surface area (Å²) in [5.74, 6) is 0. The molecular formula is C16H18N2O4S2. The first-order chi connectivity index (χ1) is 11.3. The van der Waals surface area contributed by atoms with Gasteiger partial charge in [-0.15, -0.1) is 0 Å². The molecule has 0 bridgehead atoms. The zero-order chi connectivity index (χ0) is 17.4. The quantitative estimate of drug-likeness (QED) is 0.899. The van der Waals surface area contributed by atoms with E-state index in [1.54, 1.807) is 48.5 Å². The van der Waals surface area contributed by atoms with Crippen molar-refractivity contribution in [3.05, 3.63) is 54.1 Å². The van der Waals surface area contributed by atoms with Crippen LogP contribution in [0.15, 0.2) is 53.4 Å². The van der Waals surface area contributed by atoms with Gasteiger partial charge in [0.15, 0.2) is 0 Å². The van der Waals surface area contributed by atoms with Crippen LogP contribution in [0.3, 0.4) is 0 Å². The molecule has 0 fully saturated rings. The van der Waals surface area contributed by atoms with Crippen LogP contribution >= 0.6 is 0 Å². The van der Waals surface area contributed by atoms with Crippen LogP contribution in [-0.4, -0.2) is 29.6 Å². The van der Waals surface area contributed by atoms with Gasteiger partial charge in [0.05, 0.1) is 22.5 Å². The molecule has 1 aliphatic heterocycles. The molecule has 1 heterocycles. The molecule has 0 saturated heterocycles. The van der Waals surface area contributed by atoms with Gasteiger partial charge in [0.2, 0.25) is 10.0 Å². The van der Waals surface area contributed by atoms with Gasteiger partial charge in [0.25, 0.3) is 10.0 Å². The number of nitrogens with zero attached hydrogens (tertiary/aromatic N) is 1. The molecule has 1 N–H and O–H groups in total. The molecule has 3 rings (SSSR count). The molecule has 0 unspecified atom stereocenters. The lowest BCUT2D eigenvalue weighted by Crippen LogP contribution is -2.35. The van der Waals surface area contributed by atoms with Crippen LogP contribution in [0, 0.1) is 0 Å². The second-order valence-corrected chi connectivity index (χ2v) is 9.32. The van der Waals surface area contributed by atoms with Gasteiger partial charge in [-0.25, -0.2) is 16.8 Å². The largest absolute Gasteiger partial charge is 0.284 e. The fraction of sp³-hybridized carbons (Fsp3) is 0.250. The molecule has 1 aliphatic rings. The Kier molecular flexibility index (Phi) is 4.27. The number of benzene rings is 2. The van der Waals surface area contributed by atoms with Gasteiger partial charge < -0.3 is 0 Å². The highest BCUT2D eigenvalue weighted by molar-refractivity contribution is 7.93. The zero-order valence-corrected chi connectivity index (χ0v) is 14.8. The molecule has 0 radical (unpaired) electrons. The molecule has 24 heavy (non-hydrogen) atoms. The van der Waals surface area contributed by atoms with Crippen LogP contribution in [0.4, 0.5) is 11.4 Å². The minimum atomic E-state index is -3.68. The molecule has 2 aromatic carbocycles. The number of nitrogens with one attached hydrogen (secondary N) is 1. The van der Waals surface area contributed by atoms with Crippen molar-refractivity contribution in [2.75, 3.05) is 21.8 Å². The average molecular weight is 366 g/mol. The summed E-state index contributed by atoms with van der Waals surface area (Å²) in [5, 5.41) is 0. The molecule has 128 valence electrons. The number of rotatable bonds is 4. The van der Waals surface area contributed by atoms with Gasteiger partial charge in [0, 0.05) is 6.54 Å². The van der Waals surface area contributed by atoms with Crippen molar-refractivity contribution in [3.8, 4) is 0 Å². The molecule has 0 aliphatic carbocycles. The number of aryl methyl sites for hydroxylation is 1. The van der Waals surface area contributed by atoms with E-state index in [2.05, 4.69) is 4.72 Å². The number of fused-ring (bicyclic) bond motifs is 1. The summed E-state index contributed by atoms with van der Waals surface area (Å²) in [6, 6.07) is 13.2. The Bertz CT molecular complexity index is 955. The summed E-state index contributed by atoms with van der Waals surface area (Å²) < 4.78 is 52.5. The third-order valence-electron chi connectivity index (χ3n) is 3.80. The molecular weight excluding hydrogens is 348 g/mol. The topological polar surface area (TPSA) is 83.6 Å². The standard InChI is InChI=1S/C16H18N2O4S2/c1-23(19,20)17-14-10-9-13-6-5-11-18(16(13)12-14)24(21,22)15-7-3-2-4-8-15/h2-4,7-10,12,17H,5-6,11H2,1H3. The van der Waals surface area contributed by atoms with E-state index in [1.807, 2.05) is 0 Å². The molecule has 8 heteroatoms. The van der Waals surface area contributed by atoms with E-state index in [0.717, 1.165) is 24.7 Å². The van der Waals surface area contributed by atoms with Crippen LogP contribution in [0.25, 0.3) is 0 Å². The van der Waals surface area contributed by atoms with Crippen LogP contribution in [-0.2, 0) is 26.5 Å². The normalized spacial score (nSPS) is 15.0. The number of hydrogen-bond donors (Lipinski definition) is 1. The lowest BCUT2D eigenvalue weighted by Gasteiger charge is -2.31.